The second kappa shape index (κ2) is 8.19. The fraction of sp³-hybridized carbons (Fsp3) is 0.889. The average Bonchev–Trinajstić information content (AvgIpc) is 2.36. The lowest BCUT2D eigenvalue weighted by atomic mass is 9.83. The van der Waals surface area contributed by atoms with Crippen molar-refractivity contribution in [1.29, 1.82) is 0 Å². The second-order valence-electron chi connectivity index (χ2n) is 8.65. The van der Waals surface area contributed by atoms with E-state index < -0.39 is 23.7 Å². The van der Waals surface area contributed by atoms with Crippen LogP contribution >= 0.6 is 0 Å². The lowest BCUT2D eigenvalue weighted by molar-refractivity contribution is -0.140. The minimum atomic E-state index is -1.02. The van der Waals surface area contributed by atoms with E-state index in [4.69, 9.17) is 9.47 Å². The highest BCUT2D eigenvalue weighted by Gasteiger charge is 2.30. The number of aliphatic carboxylic acids is 1. The first-order chi connectivity index (χ1) is 10.9. The Morgan fingerprint density at radius 1 is 1.04 bits per heavy atom. The maximum Gasteiger partial charge on any atom is 0.408 e. The number of ether oxygens (including phenoxy) is 2. The van der Waals surface area contributed by atoms with Crippen molar-refractivity contribution in [3.05, 3.63) is 0 Å². The summed E-state index contributed by atoms with van der Waals surface area (Å²) in [4.78, 5) is 23.2. The molecule has 2 N–H and O–H groups in total. The van der Waals surface area contributed by atoms with Gasteiger partial charge in [-0.2, -0.15) is 0 Å². The van der Waals surface area contributed by atoms with Crippen LogP contribution in [-0.4, -0.2) is 40.5 Å². The van der Waals surface area contributed by atoms with Gasteiger partial charge in [0.05, 0.1) is 11.7 Å². The average molecular weight is 343 g/mol. The molecule has 1 rings (SSSR count). The van der Waals surface area contributed by atoms with Gasteiger partial charge in [0.1, 0.15) is 11.6 Å². The molecule has 0 bridgehead atoms. The normalized spacial score (nSPS) is 23.4. The van der Waals surface area contributed by atoms with E-state index in [1.54, 1.807) is 20.8 Å². The van der Waals surface area contributed by atoms with Crippen molar-refractivity contribution in [3.63, 3.8) is 0 Å². The predicted molar refractivity (Wildman–Crippen MR) is 92.0 cm³/mol. The quantitative estimate of drug-likeness (QED) is 0.794. The number of carbonyl (C=O) groups excluding carboxylic acids is 1. The molecule has 0 heterocycles. The van der Waals surface area contributed by atoms with Crippen molar-refractivity contribution in [1.82, 2.24) is 5.32 Å². The first-order valence-electron chi connectivity index (χ1n) is 8.76. The lowest BCUT2D eigenvalue weighted by Crippen LogP contribution is -2.44. The highest BCUT2D eigenvalue weighted by Crippen LogP contribution is 2.31. The summed E-state index contributed by atoms with van der Waals surface area (Å²) in [6.45, 7) is 11.4. The molecule has 140 valence electrons. The molecule has 1 unspecified atom stereocenters. The smallest absolute Gasteiger partial charge is 0.408 e. The Morgan fingerprint density at radius 3 is 2.00 bits per heavy atom. The number of carboxylic acid groups (broad SMARTS) is 1. The monoisotopic (exact) mass is 343 g/mol. The molecule has 6 nitrogen and oxygen atoms in total. The third-order valence-corrected chi connectivity index (χ3v) is 3.87. The lowest BCUT2D eigenvalue weighted by Gasteiger charge is -2.34. The Labute approximate surface area is 145 Å². The van der Waals surface area contributed by atoms with Gasteiger partial charge in [0.25, 0.3) is 0 Å². The fourth-order valence-electron chi connectivity index (χ4n) is 2.99. The van der Waals surface area contributed by atoms with Gasteiger partial charge in [0.2, 0.25) is 0 Å². The van der Waals surface area contributed by atoms with Crippen LogP contribution in [-0.2, 0) is 14.3 Å². The van der Waals surface area contributed by atoms with Gasteiger partial charge in [-0.1, -0.05) is 0 Å². The minimum absolute atomic E-state index is 0.153. The van der Waals surface area contributed by atoms with Crippen molar-refractivity contribution < 1.29 is 24.2 Å². The standard InChI is InChI=1S/C18H33NO5/c1-17(2,3)23-13-9-7-12(8-10-13)11-14(15(20)21)19-16(22)24-18(4,5)6/h12-14H,7-11H2,1-6H3,(H,19,22)(H,20,21). The van der Waals surface area contributed by atoms with Crippen LogP contribution in [0.2, 0.25) is 0 Å². The molecule has 0 radical (unpaired) electrons. The van der Waals surface area contributed by atoms with E-state index in [0.29, 0.717) is 6.42 Å². The highest BCUT2D eigenvalue weighted by molar-refractivity contribution is 5.80. The maximum atomic E-state index is 11.8. The number of hydrogen-bond donors (Lipinski definition) is 2. The Morgan fingerprint density at radius 2 is 1.58 bits per heavy atom. The number of hydrogen-bond acceptors (Lipinski definition) is 4. The molecule has 1 fully saturated rings. The van der Waals surface area contributed by atoms with Crippen molar-refractivity contribution in [2.45, 2.75) is 97.0 Å². The van der Waals surface area contributed by atoms with E-state index in [-0.39, 0.29) is 17.6 Å². The zero-order valence-corrected chi connectivity index (χ0v) is 15.8. The summed E-state index contributed by atoms with van der Waals surface area (Å²) >= 11 is 0. The Balaban J connectivity index is 2.47. The van der Waals surface area contributed by atoms with Crippen molar-refractivity contribution in [3.8, 4) is 0 Å². The molecule has 1 saturated carbocycles. The zero-order valence-electron chi connectivity index (χ0n) is 15.8. The molecule has 0 aromatic carbocycles. The molecule has 0 saturated heterocycles. The summed E-state index contributed by atoms with van der Waals surface area (Å²) in [5, 5.41) is 11.8. The molecule has 1 atom stereocenters. The van der Waals surface area contributed by atoms with Gasteiger partial charge in [-0.15, -0.1) is 0 Å². The third-order valence-electron chi connectivity index (χ3n) is 3.87. The molecular formula is C18H33NO5. The Bertz CT molecular complexity index is 428. The SMILES string of the molecule is CC(C)(C)OC(=O)NC(CC1CCC(OC(C)(C)C)CC1)C(=O)O. The zero-order chi connectivity index (χ0) is 18.5. The molecule has 6 heteroatoms. The van der Waals surface area contributed by atoms with E-state index in [2.05, 4.69) is 5.32 Å². The summed E-state index contributed by atoms with van der Waals surface area (Å²) in [5.74, 6) is -0.741. The molecule has 0 aliphatic heterocycles. The molecule has 24 heavy (non-hydrogen) atoms. The number of amides is 1. The summed E-state index contributed by atoms with van der Waals surface area (Å²) < 4.78 is 11.1. The van der Waals surface area contributed by atoms with Gasteiger partial charge in [-0.05, 0) is 79.6 Å². The number of nitrogens with one attached hydrogen (secondary N) is 1. The van der Waals surface area contributed by atoms with Crippen LogP contribution in [0.15, 0.2) is 0 Å². The van der Waals surface area contributed by atoms with E-state index in [9.17, 15) is 14.7 Å². The molecule has 0 spiro atoms. The minimum Gasteiger partial charge on any atom is -0.480 e. The predicted octanol–water partition coefficient (Wildman–Crippen LogP) is 3.73. The molecule has 0 aromatic rings. The van der Waals surface area contributed by atoms with Crippen molar-refractivity contribution >= 4 is 12.1 Å². The summed E-state index contributed by atoms with van der Waals surface area (Å²) in [6, 6.07) is -0.912. The van der Waals surface area contributed by atoms with E-state index in [0.717, 1.165) is 25.7 Å². The highest BCUT2D eigenvalue weighted by atomic mass is 16.6. The second-order valence-corrected chi connectivity index (χ2v) is 8.65. The van der Waals surface area contributed by atoms with Crippen LogP contribution in [0.25, 0.3) is 0 Å². The van der Waals surface area contributed by atoms with Gasteiger partial charge >= 0.3 is 12.1 Å². The van der Waals surface area contributed by atoms with Crippen LogP contribution in [0.5, 0.6) is 0 Å². The summed E-state index contributed by atoms with van der Waals surface area (Å²) in [7, 11) is 0. The largest absolute Gasteiger partial charge is 0.480 e. The Hall–Kier alpha value is -1.30. The van der Waals surface area contributed by atoms with Crippen LogP contribution < -0.4 is 5.32 Å². The Kier molecular flexibility index (Phi) is 7.08. The van der Waals surface area contributed by atoms with Crippen LogP contribution in [0.4, 0.5) is 4.79 Å². The van der Waals surface area contributed by atoms with E-state index >= 15 is 0 Å². The van der Waals surface area contributed by atoms with Gasteiger partial charge in [0.15, 0.2) is 0 Å². The first-order valence-corrected chi connectivity index (χ1v) is 8.76. The van der Waals surface area contributed by atoms with Crippen LogP contribution in [0, 0.1) is 5.92 Å². The molecule has 1 aliphatic rings. The molecule has 1 amide bonds. The number of rotatable bonds is 5. The summed E-state index contributed by atoms with van der Waals surface area (Å²) in [5.41, 5.74) is -0.797. The number of alkyl carbamates (subject to hydrolysis) is 1. The van der Waals surface area contributed by atoms with Crippen molar-refractivity contribution in [2.75, 3.05) is 0 Å². The number of carbonyl (C=O) groups is 2. The van der Waals surface area contributed by atoms with Gasteiger partial charge in [0, 0.05) is 0 Å². The van der Waals surface area contributed by atoms with Gasteiger partial charge in [-0.3, -0.25) is 0 Å². The first kappa shape index (κ1) is 20.7. The summed E-state index contributed by atoms with van der Waals surface area (Å²) in [6.07, 6.45) is 3.68. The van der Waals surface area contributed by atoms with E-state index in [1.165, 1.54) is 0 Å². The molecular weight excluding hydrogens is 310 g/mol. The maximum absolute atomic E-state index is 11.8. The molecule has 1 aliphatic carbocycles. The van der Waals surface area contributed by atoms with Gasteiger partial charge < -0.3 is 19.9 Å². The number of carboxylic acids is 1. The topological polar surface area (TPSA) is 84.9 Å². The van der Waals surface area contributed by atoms with Crippen molar-refractivity contribution in [2.24, 2.45) is 5.92 Å². The van der Waals surface area contributed by atoms with E-state index in [1.807, 2.05) is 20.8 Å². The van der Waals surface area contributed by atoms with Gasteiger partial charge in [-0.25, -0.2) is 9.59 Å². The van der Waals surface area contributed by atoms with Crippen LogP contribution in [0.3, 0.4) is 0 Å². The van der Waals surface area contributed by atoms with Crippen LogP contribution in [0.1, 0.15) is 73.6 Å². The molecule has 0 aromatic heterocycles. The third kappa shape index (κ3) is 8.52. The fourth-order valence-corrected chi connectivity index (χ4v) is 2.99.